The van der Waals surface area contributed by atoms with Gasteiger partial charge in [-0.3, -0.25) is 0 Å². The maximum Gasteiger partial charge on any atom is 0.274 e. The highest BCUT2D eigenvalue weighted by Gasteiger charge is 2.31. The summed E-state index contributed by atoms with van der Waals surface area (Å²) in [5, 5.41) is 0.412. The summed E-state index contributed by atoms with van der Waals surface area (Å²) in [6.45, 7) is 4.72. The number of aryl methyl sites for hydroxylation is 2. The van der Waals surface area contributed by atoms with E-state index in [1.807, 2.05) is 13.0 Å². The molecule has 9 heteroatoms. The number of hydrogen-bond acceptors (Lipinski definition) is 5. The average molecular weight is 455 g/mol. The van der Waals surface area contributed by atoms with E-state index in [0.717, 1.165) is 33.5 Å². The summed E-state index contributed by atoms with van der Waals surface area (Å²) in [5.41, 5.74) is 3.23. The van der Waals surface area contributed by atoms with Gasteiger partial charge in [0.05, 0.1) is 20.1 Å². The summed E-state index contributed by atoms with van der Waals surface area (Å²) in [7, 11) is -3.72. The van der Waals surface area contributed by atoms with Crippen LogP contribution in [0.1, 0.15) is 24.0 Å². The van der Waals surface area contributed by atoms with E-state index in [1.54, 1.807) is 0 Å². The predicted octanol–water partition coefficient (Wildman–Crippen LogP) is 4.94. The van der Waals surface area contributed by atoms with Crippen molar-refractivity contribution in [3.63, 3.8) is 0 Å². The molecule has 0 spiro atoms. The first kappa shape index (κ1) is 20.5. The summed E-state index contributed by atoms with van der Waals surface area (Å²) in [5.74, 6) is -0.640. The Hall–Kier alpha value is -1.74. The van der Waals surface area contributed by atoms with Crippen molar-refractivity contribution in [1.82, 2.24) is 9.29 Å². The highest BCUT2D eigenvalue weighted by Crippen LogP contribution is 2.34. The summed E-state index contributed by atoms with van der Waals surface area (Å²) < 4.78 is 47.5. The van der Waals surface area contributed by atoms with Gasteiger partial charge in [-0.05, 0) is 56.0 Å². The third kappa shape index (κ3) is 3.99. The molecular weight excluding hydrogens is 435 g/mol. The molecule has 2 aromatic carbocycles. The van der Waals surface area contributed by atoms with Crippen molar-refractivity contribution in [3.05, 3.63) is 52.3 Å². The molecule has 1 saturated heterocycles. The van der Waals surface area contributed by atoms with Gasteiger partial charge in [0.15, 0.2) is 0 Å². The number of fused-ring (bicyclic) bond motifs is 1. The van der Waals surface area contributed by atoms with Gasteiger partial charge in [0.25, 0.3) is 5.19 Å². The maximum absolute atomic E-state index is 13.4. The van der Waals surface area contributed by atoms with Crippen LogP contribution in [0.4, 0.5) is 4.39 Å². The number of halogens is 2. The van der Waals surface area contributed by atoms with Crippen molar-refractivity contribution in [2.75, 3.05) is 13.1 Å². The van der Waals surface area contributed by atoms with Gasteiger partial charge in [0, 0.05) is 13.1 Å². The number of benzene rings is 2. The molecule has 0 bridgehead atoms. The molecule has 3 aromatic rings. The lowest BCUT2D eigenvalue weighted by atomic mass is 10.1. The van der Waals surface area contributed by atoms with Crippen molar-refractivity contribution in [2.45, 2.75) is 37.7 Å². The molecule has 4 rings (SSSR count). The van der Waals surface area contributed by atoms with Crippen LogP contribution >= 0.6 is 22.9 Å². The van der Waals surface area contributed by atoms with Crippen molar-refractivity contribution in [3.8, 4) is 5.19 Å². The van der Waals surface area contributed by atoms with Crippen LogP contribution in [0, 0.1) is 19.7 Å². The van der Waals surface area contributed by atoms with Crippen LogP contribution in [0.5, 0.6) is 5.19 Å². The molecule has 0 amide bonds. The minimum atomic E-state index is -3.72. The number of rotatable bonds is 4. The first-order valence-electron chi connectivity index (χ1n) is 9.24. The fraction of sp³-hybridized carbons (Fsp3) is 0.350. The van der Waals surface area contributed by atoms with Crippen LogP contribution in [0.3, 0.4) is 0 Å². The van der Waals surface area contributed by atoms with Gasteiger partial charge in [0.1, 0.15) is 11.9 Å². The van der Waals surface area contributed by atoms with Gasteiger partial charge in [0.2, 0.25) is 10.0 Å². The van der Waals surface area contributed by atoms with E-state index < -0.39 is 15.8 Å². The lowest BCUT2D eigenvalue weighted by Gasteiger charge is -2.30. The molecule has 154 valence electrons. The minimum absolute atomic E-state index is 0.000363. The summed E-state index contributed by atoms with van der Waals surface area (Å²) in [6.07, 6.45) is 1.02. The quantitative estimate of drug-likeness (QED) is 0.560. The first-order chi connectivity index (χ1) is 13.8. The number of hydrogen-bond donors (Lipinski definition) is 0. The number of sulfonamides is 1. The monoisotopic (exact) mass is 454 g/mol. The molecule has 1 aliphatic rings. The third-order valence-corrected chi connectivity index (χ3v) is 8.39. The lowest BCUT2D eigenvalue weighted by molar-refractivity contribution is 0.135. The molecule has 0 aliphatic carbocycles. The zero-order valence-electron chi connectivity index (χ0n) is 16.0. The van der Waals surface area contributed by atoms with E-state index >= 15 is 0 Å². The van der Waals surface area contributed by atoms with Gasteiger partial charge in [-0.15, -0.1) is 0 Å². The highest BCUT2D eigenvalue weighted by molar-refractivity contribution is 7.89. The second-order valence-electron chi connectivity index (χ2n) is 7.15. The second kappa shape index (κ2) is 7.83. The van der Waals surface area contributed by atoms with Crippen molar-refractivity contribution < 1.29 is 17.5 Å². The molecule has 5 nitrogen and oxygen atoms in total. The largest absolute Gasteiger partial charge is 0.467 e. The minimum Gasteiger partial charge on any atom is -0.467 e. The van der Waals surface area contributed by atoms with E-state index in [0.29, 0.717) is 31.1 Å². The highest BCUT2D eigenvalue weighted by atomic mass is 35.5. The third-order valence-electron chi connectivity index (χ3n) is 5.12. The zero-order valence-corrected chi connectivity index (χ0v) is 18.4. The standard InChI is InChI=1S/C20H20ClFN2O3S2/c1-12-3-4-13(2)19-18(12)23-20(28-19)27-14-7-9-24(10-8-14)29(25,26)15-5-6-17(22)16(21)11-15/h3-6,11,14H,7-10H2,1-2H3. The van der Waals surface area contributed by atoms with E-state index in [2.05, 4.69) is 18.0 Å². The molecule has 0 atom stereocenters. The van der Waals surface area contributed by atoms with Gasteiger partial charge in [-0.2, -0.15) is 4.31 Å². The predicted molar refractivity (Wildman–Crippen MR) is 113 cm³/mol. The van der Waals surface area contributed by atoms with Crippen LogP contribution in [0.2, 0.25) is 5.02 Å². The van der Waals surface area contributed by atoms with Gasteiger partial charge in [-0.1, -0.05) is 35.1 Å². The molecule has 0 radical (unpaired) electrons. The van der Waals surface area contributed by atoms with Crippen LogP contribution in [0.15, 0.2) is 35.2 Å². The Labute approximate surface area is 178 Å². The van der Waals surface area contributed by atoms with E-state index in [-0.39, 0.29) is 16.0 Å². The van der Waals surface area contributed by atoms with E-state index in [9.17, 15) is 12.8 Å². The smallest absolute Gasteiger partial charge is 0.274 e. The fourth-order valence-corrected chi connectivity index (χ4v) is 6.18. The SMILES string of the molecule is Cc1ccc(C)c2sc(OC3CCN(S(=O)(=O)c4ccc(F)c(Cl)c4)CC3)nc12. The molecule has 0 saturated carbocycles. The Morgan fingerprint density at radius 3 is 2.52 bits per heavy atom. The van der Waals surface area contributed by atoms with Crippen LogP contribution in [-0.2, 0) is 10.0 Å². The number of aromatic nitrogens is 1. The summed E-state index contributed by atoms with van der Waals surface area (Å²) >= 11 is 7.27. The Bertz CT molecular complexity index is 1130. The van der Waals surface area contributed by atoms with Gasteiger partial charge >= 0.3 is 0 Å². The first-order valence-corrected chi connectivity index (χ1v) is 11.9. The fourth-order valence-electron chi connectivity index (χ4n) is 3.41. The molecule has 1 fully saturated rings. The van der Waals surface area contributed by atoms with Crippen LogP contribution in [0.25, 0.3) is 10.2 Å². The Morgan fingerprint density at radius 2 is 1.86 bits per heavy atom. The molecule has 1 aliphatic heterocycles. The summed E-state index contributed by atoms with van der Waals surface area (Å²) in [4.78, 5) is 4.62. The zero-order chi connectivity index (χ0) is 20.8. The Kier molecular flexibility index (Phi) is 5.54. The number of piperidine rings is 1. The van der Waals surface area contributed by atoms with Crippen LogP contribution < -0.4 is 4.74 Å². The van der Waals surface area contributed by atoms with Gasteiger partial charge < -0.3 is 4.74 Å². The number of ether oxygens (including phenoxy) is 1. The molecule has 1 aromatic heterocycles. The molecular formula is C20H20ClFN2O3S2. The molecule has 2 heterocycles. The van der Waals surface area contributed by atoms with Gasteiger partial charge in [-0.25, -0.2) is 17.8 Å². The number of nitrogens with zero attached hydrogens (tertiary/aromatic N) is 2. The average Bonchev–Trinajstić information content (AvgIpc) is 3.12. The van der Waals surface area contributed by atoms with Crippen molar-refractivity contribution in [2.24, 2.45) is 0 Å². The lowest BCUT2D eigenvalue weighted by Crippen LogP contribution is -2.41. The Balaban J connectivity index is 1.45. The molecule has 0 unspecified atom stereocenters. The Morgan fingerprint density at radius 1 is 1.17 bits per heavy atom. The van der Waals surface area contributed by atoms with Crippen molar-refractivity contribution >= 4 is 43.2 Å². The molecule has 29 heavy (non-hydrogen) atoms. The maximum atomic E-state index is 13.4. The van der Waals surface area contributed by atoms with E-state index in [4.69, 9.17) is 16.3 Å². The second-order valence-corrected chi connectivity index (χ2v) is 10.5. The normalized spacial score (nSPS) is 16.4. The van der Waals surface area contributed by atoms with E-state index in [1.165, 1.54) is 21.7 Å². The topological polar surface area (TPSA) is 59.5 Å². The van der Waals surface area contributed by atoms with Crippen molar-refractivity contribution in [1.29, 1.82) is 0 Å². The summed E-state index contributed by atoms with van der Waals surface area (Å²) in [6, 6.07) is 7.59. The number of thiazole rings is 1. The molecule has 0 N–H and O–H groups in total. The van der Waals surface area contributed by atoms with Crippen LogP contribution in [-0.4, -0.2) is 36.9 Å².